The molecule has 1 aromatic heterocycles. The van der Waals surface area contributed by atoms with Crippen LogP contribution in [0.1, 0.15) is 16.1 Å². The number of hydrogen-bond donors (Lipinski definition) is 5. The lowest BCUT2D eigenvalue weighted by molar-refractivity contribution is -0.148. The molecule has 0 aliphatic rings. The minimum Gasteiger partial charge on any atom is -0.479 e. The number of amides is 1. The highest BCUT2D eigenvalue weighted by Gasteiger charge is 2.21. The van der Waals surface area contributed by atoms with Crippen LogP contribution < -0.4 is 16.7 Å². The molecule has 0 aliphatic heterocycles. The maximum atomic E-state index is 12.5. The first-order valence-electron chi connectivity index (χ1n) is 9.36. The van der Waals surface area contributed by atoms with Crippen molar-refractivity contribution in [2.75, 3.05) is 6.54 Å². The summed E-state index contributed by atoms with van der Waals surface area (Å²) in [6.07, 6.45) is -1.78. The lowest BCUT2D eigenvalue weighted by atomic mass is 10.0. The van der Waals surface area contributed by atoms with Crippen LogP contribution in [0.5, 0.6) is 0 Å². The minimum atomic E-state index is -1.78. The van der Waals surface area contributed by atoms with E-state index >= 15 is 0 Å². The minimum absolute atomic E-state index is 0.0410. The average Bonchev–Trinajstić information content (AvgIpc) is 2.73. The van der Waals surface area contributed by atoms with E-state index < -0.39 is 35.8 Å². The molecule has 166 valence electrons. The molecule has 0 saturated heterocycles. The van der Waals surface area contributed by atoms with Gasteiger partial charge < -0.3 is 15.2 Å². The number of hydrogen-bond acceptors (Lipinski definition) is 6. The quantitative estimate of drug-likeness (QED) is 0.315. The number of aromatic amines is 2. The number of halogens is 1. The summed E-state index contributed by atoms with van der Waals surface area (Å²) in [4.78, 5) is 50.5. The van der Waals surface area contributed by atoms with E-state index in [4.69, 9.17) is 16.7 Å². The van der Waals surface area contributed by atoms with Crippen LogP contribution in [0.2, 0.25) is 5.02 Å². The Morgan fingerprint density at radius 2 is 1.75 bits per heavy atom. The topological polar surface area (TPSA) is 156 Å². The van der Waals surface area contributed by atoms with Gasteiger partial charge in [0.2, 0.25) is 0 Å². The van der Waals surface area contributed by atoms with Crippen molar-refractivity contribution in [2.45, 2.75) is 12.6 Å². The number of nitrogens with zero attached hydrogens (tertiary/aromatic N) is 1. The molecule has 0 fully saturated rings. The predicted octanol–water partition coefficient (Wildman–Crippen LogP) is 0.976. The van der Waals surface area contributed by atoms with E-state index in [1.807, 2.05) is 35.3 Å². The van der Waals surface area contributed by atoms with Gasteiger partial charge in [-0.1, -0.05) is 48.0 Å². The second-order valence-corrected chi connectivity index (χ2v) is 7.32. The Hall–Kier alpha value is -3.73. The molecule has 5 N–H and O–H groups in total. The molecule has 11 heteroatoms. The zero-order valence-corrected chi connectivity index (χ0v) is 17.3. The van der Waals surface area contributed by atoms with Crippen molar-refractivity contribution in [2.24, 2.45) is 0 Å². The third-order valence-corrected chi connectivity index (χ3v) is 4.66. The van der Waals surface area contributed by atoms with Gasteiger partial charge in [0.1, 0.15) is 5.69 Å². The first-order chi connectivity index (χ1) is 15.2. The third kappa shape index (κ3) is 6.14. The summed E-state index contributed by atoms with van der Waals surface area (Å²) in [5.74, 6) is -2.31. The van der Waals surface area contributed by atoms with Crippen molar-refractivity contribution in [3.05, 3.63) is 91.7 Å². The van der Waals surface area contributed by atoms with Crippen molar-refractivity contribution in [1.82, 2.24) is 20.4 Å². The predicted molar refractivity (Wildman–Crippen MR) is 116 cm³/mol. The Balaban J connectivity index is 1.79. The van der Waals surface area contributed by atoms with Crippen LogP contribution in [0.15, 0.2) is 64.2 Å². The maximum absolute atomic E-state index is 12.5. The van der Waals surface area contributed by atoms with Gasteiger partial charge in [-0.15, -0.1) is 0 Å². The maximum Gasteiger partial charge on any atom is 0.333 e. The number of carbonyl (C=O) groups is 2. The zero-order valence-electron chi connectivity index (χ0n) is 16.5. The number of aromatic nitrogens is 2. The van der Waals surface area contributed by atoms with E-state index in [0.29, 0.717) is 10.6 Å². The molecule has 1 amide bonds. The number of hydrazine groups is 1. The fraction of sp³-hybridized carbons (Fsp3) is 0.143. The summed E-state index contributed by atoms with van der Waals surface area (Å²) < 4.78 is 0. The average molecular weight is 459 g/mol. The SMILES string of the molecule is O=C(NN(Cc1ccc(-c2cccc(Cl)c2)cc1)CC(O)C(=O)O)c1cc(=O)[nH]c(=O)[nH]1. The smallest absolute Gasteiger partial charge is 0.333 e. The van der Waals surface area contributed by atoms with Crippen LogP contribution in [-0.4, -0.2) is 49.7 Å². The molecule has 2 aromatic carbocycles. The first kappa shape index (κ1) is 22.9. The first-order valence-corrected chi connectivity index (χ1v) is 9.74. The molecule has 0 radical (unpaired) electrons. The number of aliphatic hydroxyl groups is 1. The number of aliphatic hydroxyl groups excluding tert-OH is 1. The van der Waals surface area contributed by atoms with Gasteiger partial charge in [-0.25, -0.2) is 14.6 Å². The molecule has 0 spiro atoms. The fourth-order valence-corrected chi connectivity index (χ4v) is 3.11. The number of benzene rings is 2. The molecule has 32 heavy (non-hydrogen) atoms. The molecule has 1 unspecified atom stereocenters. The summed E-state index contributed by atoms with van der Waals surface area (Å²) in [7, 11) is 0. The summed E-state index contributed by atoms with van der Waals surface area (Å²) in [6.45, 7) is -0.399. The standard InChI is InChI=1S/C21H19ClN4O6/c22-15-3-1-2-14(8-15)13-6-4-12(5-7-13)10-26(11-17(27)20(30)31)25-19(29)16-9-18(28)24-21(32)23-16/h1-9,17,27H,10-11H2,(H,25,29)(H,30,31)(H2,23,24,28,32). The van der Waals surface area contributed by atoms with Gasteiger partial charge in [0.25, 0.3) is 11.5 Å². The van der Waals surface area contributed by atoms with Gasteiger partial charge >= 0.3 is 11.7 Å². The number of aliphatic carboxylic acids is 1. The van der Waals surface area contributed by atoms with Crippen molar-refractivity contribution in [3.63, 3.8) is 0 Å². The lowest BCUT2D eigenvalue weighted by Gasteiger charge is -2.24. The highest BCUT2D eigenvalue weighted by atomic mass is 35.5. The van der Waals surface area contributed by atoms with Crippen LogP contribution in [0.4, 0.5) is 0 Å². The molecule has 3 rings (SSSR count). The molecule has 0 saturated carbocycles. The Morgan fingerprint density at radius 1 is 1.03 bits per heavy atom. The molecule has 3 aromatic rings. The third-order valence-electron chi connectivity index (χ3n) is 4.43. The number of carbonyl (C=O) groups excluding carboxylic acids is 1. The molecule has 10 nitrogen and oxygen atoms in total. The second kappa shape index (κ2) is 10.1. The Morgan fingerprint density at radius 3 is 2.38 bits per heavy atom. The van der Waals surface area contributed by atoms with Crippen molar-refractivity contribution >= 4 is 23.5 Å². The number of carboxylic acid groups (broad SMARTS) is 1. The van der Waals surface area contributed by atoms with Gasteiger partial charge in [-0.2, -0.15) is 0 Å². The number of nitrogens with one attached hydrogen (secondary N) is 3. The monoisotopic (exact) mass is 458 g/mol. The van der Waals surface area contributed by atoms with E-state index in [0.717, 1.165) is 17.2 Å². The Bertz CT molecular complexity index is 1210. The van der Waals surface area contributed by atoms with E-state index in [1.54, 1.807) is 18.2 Å². The summed E-state index contributed by atoms with van der Waals surface area (Å²) in [6, 6.07) is 15.4. The van der Waals surface area contributed by atoms with Crippen LogP contribution in [-0.2, 0) is 11.3 Å². The summed E-state index contributed by atoms with van der Waals surface area (Å²) in [5, 5.41) is 20.5. The van der Waals surface area contributed by atoms with Crippen molar-refractivity contribution < 1.29 is 19.8 Å². The summed E-state index contributed by atoms with van der Waals surface area (Å²) >= 11 is 6.03. The van der Waals surface area contributed by atoms with Gasteiger partial charge in [0, 0.05) is 17.6 Å². The molecular formula is C21H19ClN4O6. The van der Waals surface area contributed by atoms with E-state index in [2.05, 4.69) is 10.4 Å². The van der Waals surface area contributed by atoms with E-state index in [1.165, 1.54) is 5.01 Å². The number of rotatable bonds is 8. The Labute approximate surface area is 186 Å². The largest absolute Gasteiger partial charge is 0.479 e. The molecule has 0 aliphatic carbocycles. The normalized spacial score (nSPS) is 11.8. The van der Waals surface area contributed by atoms with Gasteiger partial charge in [-0.05, 0) is 28.8 Å². The van der Waals surface area contributed by atoms with E-state index in [9.17, 15) is 24.3 Å². The number of carboxylic acids is 1. The lowest BCUT2D eigenvalue weighted by Crippen LogP contribution is -2.48. The van der Waals surface area contributed by atoms with Crippen LogP contribution in [0, 0.1) is 0 Å². The van der Waals surface area contributed by atoms with Crippen LogP contribution in [0.3, 0.4) is 0 Å². The number of H-pyrrole nitrogens is 2. The Kier molecular flexibility index (Phi) is 7.21. The van der Waals surface area contributed by atoms with E-state index in [-0.39, 0.29) is 12.2 Å². The van der Waals surface area contributed by atoms with Crippen LogP contribution >= 0.6 is 11.6 Å². The van der Waals surface area contributed by atoms with Crippen LogP contribution in [0.25, 0.3) is 11.1 Å². The second-order valence-electron chi connectivity index (χ2n) is 6.88. The highest BCUT2D eigenvalue weighted by Crippen LogP contribution is 2.23. The molecule has 0 bridgehead atoms. The fourth-order valence-electron chi connectivity index (χ4n) is 2.92. The molecule has 1 heterocycles. The zero-order chi connectivity index (χ0) is 23.3. The van der Waals surface area contributed by atoms with Crippen molar-refractivity contribution in [1.29, 1.82) is 0 Å². The molecular weight excluding hydrogens is 440 g/mol. The van der Waals surface area contributed by atoms with Crippen molar-refractivity contribution in [3.8, 4) is 11.1 Å². The summed E-state index contributed by atoms with van der Waals surface area (Å²) in [5.41, 5.74) is 2.97. The van der Waals surface area contributed by atoms with Gasteiger partial charge in [0.05, 0.1) is 6.54 Å². The van der Waals surface area contributed by atoms with Gasteiger partial charge in [-0.3, -0.25) is 20.0 Å². The molecule has 1 atom stereocenters. The van der Waals surface area contributed by atoms with Gasteiger partial charge in [0.15, 0.2) is 6.10 Å². The highest BCUT2D eigenvalue weighted by molar-refractivity contribution is 6.30.